The van der Waals surface area contributed by atoms with Crippen molar-refractivity contribution in [2.45, 2.75) is 25.7 Å². The number of hydrogen-bond donors (Lipinski definition) is 1. The fraction of sp³-hybridized carbons (Fsp3) is 0.833. The molecule has 0 aromatic rings. The lowest BCUT2D eigenvalue weighted by atomic mass is 9.65. The Balaban J connectivity index is 1.96. The smallest absolute Gasteiger partial charge is 0.00295 e. The molecule has 3 fully saturated rings. The predicted octanol–water partition coefficient (Wildman–Crippen LogP) is 3.15. The molecular formula is C12H18S. The number of hydrogen-bond acceptors (Lipinski definition) is 1. The van der Waals surface area contributed by atoms with Crippen LogP contribution in [0.4, 0.5) is 0 Å². The predicted molar refractivity (Wildman–Crippen MR) is 58.9 cm³/mol. The maximum Gasteiger partial charge on any atom is -0.00295 e. The molecule has 0 aliphatic heterocycles. The van der Waals surface area contributed by atoms with Crippen molar-refractivity contribution in [3.63, 3.8) is 0 Å². The second-order valence-electron chi connectivity index (χ2n) is 5.30. The van der Waals surface area contributed by atoms with E-state index in [1.807, 2.05) is 0 Å². The molecule has 3 aliphatic carbocycles. The average Bonchev–Trinajstić information content (AvgIpc) is 2.36. The number of thiol groups is 1. The van der Waals surface area contributed by atoms with Crippen LogP contribution in [0.1, 0.15) is 25.7 Å². The molecule has 0 aromatic carbocycles. The highest BCUT2D eigenvalue weighted by atomic mass is 32.1. The van der Waals surface area contributed by atoms with Crippen molar-refractivity contribution >= 4 is 12.6 Å². The Kier molecular flexibility index (Phi) is 1.80. The third-order valence-electron chi connectivity index (χ3n) is 4.75. The lowest BCUT2D eigenvalue weighted by molar-refractivity contribution is 0.173. The van der Waals surface area contributed by atoms with Gasteiger partial charge < -0.3 is 0 Å². The first kappa shape index (κ1) is 8.40. The number of allylic oxidation sites excluding steroid dienone is 1. The fourth-order valence-electron chi connectivity index (χ4n) is 4.23. The van der Waals surface area contributed by atoms with Gasteiger partial charge >= 0.3 is 0 Å². The summed E-state index contributed by atoms with van der Waals surface area (Å²) in [4.78, 5) is 0. The van der Waals surface area contributed by atoms with Crippen LogP contribution >= 0.6 is 12.6 Å². The van der Waals surface area contributed by atoms with Crippen LogP contribution in [0.5, 0.6) is 0 Å². The molecule has 0 amide bonds. The van der Waals surface area contributed by atoms with E-state index in [-0.39, 0.29) is 0 Å². The average molecular weight is 194 g/mol. The molecule has 0 aromatic heterocycles. The Morgan fingerprint density at radius 1 is 1.15 bits per heavy atom. The van der Waals surface area contributed by atoms with Crippen LogP contribution in [0.3, 0.4) is 0 Å². The van der Waals surface area contributed by atoms with E-state index >= 15 is 0 Å². The van der Waals surface area contributed by atoms with E-state index in [0.717, 1.165) is 35.3 Å². The second kappa shape index (κ2) is 2.79. The van der Waals surface area contributed by atoms with Gasteiger partial charge in [0, 0.05) is 0 Å². The number of fused-ring (bicyclic) bond motifs is 2. The highest BCUT2D eigenvalue weighted by Crippen LogP contribution is 2.58. The molecule has 0 spiro atoms. The molecular weight excluding hydrogens is 176 g/mol. The maximum atomic E-state index is 4.49. The van der Waals surface area contributed by atoms with Crippen molar-refractivity contribution < 1.29 is 0 Å². The van der Waals surface area contributed by atoms with Gasteiger partial charge in [0.2, 0.25) is 0 Å². The Morgan fingerprint density at radius 2 is 1.92 bits per heavy atom. The lowest BCUT2D eigenvalue weighted by Gasteiger charge is -2.41. The lowest BCUT2D eigenvalue weighted by Crippen LogP contribution is -2.33. The zero-order valence-corrected chi connectivity index (χ0v) is 8.97. The Morgan fingerprint density at radius 3 is 2.69 bits per heavy atom. The Hall–Kier alpha value is 0.0900. The molecule has 13 heavy (non-hydrogen) atoms. The first-order valence-electron chi connectivity index (χ1n) is 5.59. The van der Waals surface area contributed by atoms with Gasteiger partial charge in [0.25, 0.3) is 0 Å². The normalized spacial score (nSPS) is 53.0. The molecule has 0 radical (unpaired) electrons. The summed E-state index contributed by atoms with van der Waals surface area (Å²) in [5.74, 6) is 5.71. The standard InChI is InChI=1S/C12H18S/c1-7-11-4-8-2-9(11)5-10(3-8)12(7)6-13/h8-13H,1-6H2. The summed E-state index contributed by atoms with van der Waals surface area (Å²) in [6.07, 6.45) is 5.95. The molecule has 3 bridgehead atoms. The van der Waals surface area contributed by atoms with E-state index in [0.29, 0.717) is 0 Å². The maximum absolute atomic E-state index is 4.49. The molecule has 1 heteroatoms. The molecule has 3 aliphatic rings. The Labute approximate surface area is 86.2 Å². The summed E-state index contributed by atoms with van der Waals surface area (Å²) in [6.45, 7) is 4.34. The van der Waals surface area contributed by atoms with Crippen LogP contribution in [0.25, 0.3) is 0 Å². The fourth-order valence-corrected chi connectivity index (χ4v) is 4.77. The third kappa shape index (κ3) is 1.06. The highest BCUT2D eigenvalue weighted by molar-refractivity contribution is 7.80. The topological polar surface area (TPSA) is 0 Å². The van der Waals surface area contributed by atoms with Gasteiger partial charge in [0.15, 0.2) is 0 Å². The van der Waals surface area contributed by atoms with Gasteiger partial charge in [-0.1, -0.05) is 12.2 Å². The van der Waals surface area contributed by atoms with E-state index in [1.165, 1.54) is 25.7 Å². The van der Waals surface area contributed by atoms with Gasteiger partial charge in [-0.05, 0) is 61.0 Å². The molecule has 0 saturated heterocycles. The van der Waals surface area contributed by atoms with Crippen molar-refractivity contribution in [2.24, 2.45) is 29.6 Å². The van der Waals surface area contributed by atoms with Gasteiger partial charge in [-0.15, -0.1) is 0 Å². The van der Waals surface area contributed by atoms with Gasteiger partial charge in [-0.25, -0.2) is 0 Å². The zero-order chi connectivity index (χ0) is 9.00. The molecule has 72 valence electrons. The van der Waals surface area contributed by atoms with Gasteiger partial charge in [-0.3, -0.25) is 0 Å². The molecule has 3 rings (SSSR count). The molecule has 5 unspecified atom stereocenters. The van der Waals surface area contributed by atoms with Crippen LogP contribution in [0.15, 0.2) is 12.2 Å². The first-order valence-corrected chi connectivity index (χ1v) is 6.22. The van der Waals surface area contributed by atoms with E-state index in [4.69, 9.17) is 0 Å². The summed E-state index contributed by atoms with van der Waals surface area (Å²) in [5, 5.41) is 0. The molecule has 0 nitrogen and oxygen atoms in total. The summed E-state index contributed by atoms with van der Waals surface area (Å²) in [7, 11) is 0. The summed E-state index contributed by atoms with van der Waals surface area (Å²) < 4.78 is 0. The molecule has 3 saturated carbocycles. The van der Waals surface area contributed by atoms with Crippen LogP contribution in [0.2, 0.25) is 0 Å². The minimum atomic E-state index is 0.759. The van der Waals surface area contributed by atoms with Crippen molar-refractivity contribution in [1.29, 1.82) is 0 Å². The van der Waals surface area contributed by atoms with E-state index in [9.17, 15) is 0 Å². The van der Waals surface area contributed by atoms with Gasteiger partial charge in [0.1, 0.15) is 0 Å². The summed E-state index contributed by atoms with van der Waals surface area (Å²) >= 11 is 4.49. The van der Waals surface area contributed by atoms with E-state index in [1.54, 1.807) is 5.57 Å². The molecule has 5 atom stereocenters. The third-order valence-corrected chi connectivity index (χ3v) is 5.15. The largest absolute Gasteiger partial charge is 0.179 e. The highest BCUT2D eigenvalue weighted by Gasteiger charge is 2.49. The molecule has 0 heterocycles. The van der Waals surface area contributed by atoms with Crippen molar-refractivity contribution in [3.05, 3.63) is 12.2 Å². The number of rotatable bonds is 1. The zero-order valence-electron chi connectivity index (χ0n) is 8.08. The van der Waals surface area contributed by atoms with Gasteiger partial charge in [0.05, 0.1) is 0 Å². The van der Waals surface area contributed by atoms with Crippen molar-refractivity contribution in [3.8, 4) is 0 Å². The molecule has 0 N–H and O–H groups in total. The second-order valence-corrected chi connectivity index (χ2v) is 5.66. The van der Waals surface area contributed by atoms with Crippen LogP contribution < -0.4 is 0 Å². The summed E-state index contributed by atoms with van der Waals surface area (Å²) in [5.41, 5.74) is 1.57. The quantitative estimate of drug-likeness (QED) is 0.481. The first-order chi connectivity index (χ1) is 6.29. The van der Waals surface area contributed by atoms with Gasteiger partial charge in [-0.2, -0.15) is 12.6 Å². The summed E-state index contributed by atoms with van der Waals surface area (Å²) in [6, 6.07) is 0. The van der Waals surface area contributed by atoms with E-state index < -0.39 is 0 Å². The van der Waals surface area contributed by atoms with Crippen LogP contribution in [-0.2, 0) is 0 Å². The SMILES string of the molecule is C=C1C(CS)C2CC3CC(C2)C1C3. The Bertz CT molecular complexity index is 240. The van der Waals surface area contributed by atoms with E-state index in [2.05, 4.69) is 19.2 Å². The minimum absolute atomic E-state index is 0.759. The van der Waals surface area contributed by atoms with Crippen LogP contribution in [-0.4, -0.2) is 5.75 Å². The minimum Gasteiger partial charge on any atom is -0.179 e. The van der Waals surface area contributed by atoms with Crippen molar-refractivity contribution in [2.75, 3.05) is 5.75 Å². The van der Waals surface area contributed by atoms with Crippen molar-refractivity contribution in [1.82, 2.24) is 0 Å². The monoisotopic (exact) mass is 194 g/mol. The van der Waals surface area contributed by atoms with Crippen LogP contribution in [0, 0.1) is 29.6 Å².